The number of nitrogens with zero attached hydrogens (tertiary/aromatic N) is 3. The first-order valence-corrected chi connectivity index (χ1v) is 5.24. The summed E-state index contributed by atoms with van der Waals surface area (Å²) in [4.78, 5) is 20.9. The van der Waals surface area contributed by atoms with Crippen LogP contribution >= 0.6 is 0 Å². The standard InChI is InChI=1S/C10H17N5O2/c1-4-15(5-7(11)16)10-8(17-3)9(12-2)13-6-14-10/h6H,4-5H2,1-3H3,(H2,11,16)(H,12,13,14). The summed E-state index contributed by atoms with van der Waals surface area (Å²) in [6.45, 7) is 2.59. The van der Waals surface area contributed by atoms with E-state index < -0.39 is 5.91 Å². The molecule has 0 radical (unpaired) electrons. The molecule has 0 aliphatic heterocycles. The van der Waals surface area contributed by atoms with E-state index in [2.05, 4.69) is 15.3 Å². The summed E-state index contributed by atoms with van der Waals surface area (Å²) < 4.78 is 5.25. The third-order valence-corrected chi connectivity index (χ3v) is 2.25. The first-order valence-electron chi connectivity index (χ1n) is 5.24. The first kappa shape index (κ1) is 13.0. The zero-order chi connectivity index (χ0) is 12.8. The minimum Gasteiger partial charge on any atom is -0.490 e. The van der Waals surface area contributed by atoms with Crippen molar-refractivity contribution >= 4 is 17.5 Å². The lowest BCUT2D eigenvalue weighted by atomic mass is 10.4. The zero-order valence-corrected chi connectivity index (χ0v) is 10.2. The average molecular weight is 239 g/mol. The number of amides is 1. The quantitative estimate of drug-likeness (QED) is 0.716. The molecule has 0 saturated carbocycles. The second-order valence-corrected chi connectivity index (χ2v) is 3.31. The minimum atomic E-state index is -0.418. The van der Waals surface area contributed by atoms with Crippen LogP contribution in [0.1, 0.15) is 6.92 Å². The molecule has 0 spiro atoms. The molecule has 7 heteroatoms. The van der Waals surface area contributed by atoms with E-state index in [4.69, 9.17) is 10.5 Å². The van der Waals surface area contributed by atoms with Gasteiger partial charge >= 0.3 is 0 Å². The number of nitrogens with one attached hydrogen (secondary N) is 1. The highest BCUT2D eigenvalue weighted by molar-refractivity contribution is 5.80. The van der Waals surface area contributed by atoms with Gasteiger partial charge in [-0.2, -0.15) is 0 Å². The molecule has 3 N–H and O–H groups in total. The van der Waals surface area contributed by atoms with Crippen molar-refractivity contribution in [2.45, 2.75) is 6.92 Å². The number of hydrogen-bond donors (Lipinski definition) is 2. The normalized spacial score (nSPS) is 9.82. The van der Waals surface area contributed by atoms with E-state index in [0.717, 1.165) is 0 Å². The molecular formula is C10H17N5O2. The predicted octanol–water partition coefficient (Wildman–Crippen LogP) is -0.161. The highest BCUT2D eigenvalue weighted by atomic mass is 16.5. The minimum absolute atomic E-state index is 0.0903. The number of nitrogens with two attached hydrogens (primary N) is 1. The Hall–Kier alpha value is -2.05. The van der Waals surface area contributed by atoms with Gasteiger partial charge in [0.2, 0.25) is 11.7 Å². The number of likely N-dealkylation sites (N-methyl/N-ethyl adjacent to an activating group) is 1. The van der Waals surface area contributed by atoms with Gasteiger partial charge in [0.15, 0.2) is 11.6 Å². The number of primary amides is 1. The van der Waals surface area contributed by atoms with Crippen LogP contribution in [0.4, 0.5) is 11.6 Å². The molecular weight excluding hydrogens is 222 g/mol. The van der Waals surface area contributed by atoms with Crippen LogP contribution in [0, 0.1) is 0 Å². The number of carbonyl (C=O) groups excluding carboxylic acids is 1. The van der Waals surface area contributed by atoms with Crippen LogP contribution in [0.2, 0.25) is 0 Å². The van der Waals surface area contributed by atoms with Gasteiger partial charge in [-0.3, -0.25) is 4.79 Å². The monoisotopic (exact) mass is 239 g/mol. The number of hydrogen-bond acceptors (Lipinski definition) is 6. The fraction of sp³-hybridized carbons (Fsp3) is 0.500. The molecule has 1 aromatic rings. The molecule has 1 aromatic heterocycles. The van der Waals surface area contributed by atoms with E-state index in [1.165, 1.54) is 13.4 Å². The van der Waals surface area contributed by atoms with Crippen LogP contribution in [0.25, 0.3) is 0 Å². The Bertz CT molecular complexity index is 396. The molecule has 94 valence electrons. The Balaban J connectivity index is 3.13. The van der Waals surface area contributed by atoms with Crippen molar-refractivity contribution in [2.75, 3.05) is 37.5 Å². The molecule has 0 fully saturated rings. The van der Waals surface area contributed by atoms with Crippen molar-refractivity contribution in [1.29, 1.82) is 0 Å². The Morgan fingerprint density at radius 1 is 1.59 bits per heavy atom. The highest BCUT2D eigenvalue weighted by Crippen LogP contribution is 2.31. The number of aromatic nitrogens is 2. The lowest BCUT2D eigenvalue weighted by Gasteiger charge is -2.22. The average Bonchev–Trinajstić information content (AvgIpc) is 2.34. The molecule has 0 aromatic carbocycles. The Morgan fingerprint density at radius 3 is 2.76 bits per heavy atom. The van der Waals surface area contributed by atoms with Gasteiger partial charge in [-0.25, -0.2) is 9.97 Å². The largest absolute Gasteiger partial charge is 0.490 e. The van der Waals surface area contributed by atoms with Gasteiger partial charge in [0.25, 0.3) is 0 Å². The summed E-state index contributed by atoms with van der Waals surface area (Å²) in [6.07, 6.45) is 1.41. The smallest absolute Gasteiger partial charge is 0.237 e. The zero-order valence-electron chi connectivity index (χ0n) is 10.2. The lowest BCUT2D eigenvalue weighted by molar-refractivity contribution is -0.116. The van der Waals surface area contributed by atoms with Gasteiger partial charge in [0, 0.05) is 13.6 Å². The van der Waals surface area contributed by atoms with Crippen LogP contribution in [-0.2, 0) is 4.79 Å². The number of rotatable bonds is 6. The van der Waals surface area contributed by atoms with Crippen LogP contribution in [0.15, 0.2) is 6.33 Å². The van der Waals surface area contributed by atoms with Crippen molar-refractivity contribution in [3.63, 3.8) is 0 Å². The molecule has 17 heavy (non-hydrogen) atoms. The Kier molecular flexibility index (Phi) is 4.50. The summed E-state index contributed by atoms with van der Waals surface area (Å²) in [7, 11) is 3.26. The van der Waals surface area contributed by atoms with Crippen molar-refractivity contribution in [1.82, 2.24) is 9.97 Å². The number of anilines is 2. The summed E-state index contributed by atoms with van der Waals surface area (Å²) in [5.74, 6) is 1.20. The van der Waals surface area contributed by atoms with Crippen LogP contribution in [0.5, 0.6) is 5.75 Å². The van der Waals surface area contributed by atoms with Crippen molar-refractivity contribution in [3.05, 3.63) is 6.33 Å². The van der Waals surface area contributed by atoms with Gasteiger partial charge in [-0.15, -0.1) is 0 Å². The maximum atomic E-state index is 11.0. The number of carbonyl (C=O) groups is 1. The van der Waals surface area contributed by atoms with Gasteiger partial charge < -0.3 is 20.7 Å². The Labute approximate surface area is 100.0 Å². The molecule has 1 amide bonds. The number of methoxy groups -OCH3 is 1. The van der Waals surface area contributed by atoms with Crippen LogP contribution in [0.3, 0.4) is 0 Å². The van der Waals surface area contributed by atoms with E-state index in [1.807, 2.05) is 6.92 Å². The van der Waals surface area contributed by atoms with Crippen LogP contribution < -0.4 is 20.7 Å². The SMILES string of the molecule is CCN(CC(N)=O)c1ncnc(NC)c1OC. The molecule has 1 heterocycles. The van der Waals surface area contributed by atoms with E-state index in [9.17, 15) is 4.79 Å². The van der Waals surface area contributed by atoms with Crippen molar-refractivity contribution in [2.24, 2.45) is 5.73 Å². The van der Waals surface area contributed by atoms with Gasteiger partial charge in [-0.05, 0) is 6.92 Å². The van der Waals surface area contributed by atoms with E-state index in [-0.39, 0.29) is 6.54 Å². The van der Waals surface area contributed by atoms with E-state index in [0.29, 0.717) is 23.9 Å². The maximum absolute atomic E-state index is 11.0. The fourth-order valence-corrected chi connectivity index (χ4v) is 1.48. The second-order valence-electron chi connectivity index (χ2n) is 3.31. The third kappa shape index (κ3) is 2.96. The van der Waals surface area contributed by atoms with E-state index in [1.54, 1.807) is 11.9 Å². The fourth-order valence-electron chi connectivity index (χ4n) is 1.48. The van der Waals surface area contributed by atoms with Crippen molar-refractivity contribution in [3.8, 4) is 5.75 Å². The first-order chi connectivity index (χ1) is 8.13. The second kappa shape index (κ2) is 5.88. The number of ether oxygens (including phenoxy) is 1. The van der Waals surface area contributed by atoms with E-state index >= 15 is 0 Å². The third-order valence-electron chi connectivity index (χ3n) is 2.25. The predicted molar refractivity (Wildman–Crippen MR) is 65.2 cm³/mol. The lowest BCUT2D eigenvalue weighted by Crippen LogP contribution is -2.34. The summed E-state index contributed by atoms with van der Waals surface area (Å²) in [5.41, 5.74) is 5.19. The van der Waals surface area contributed by atoms with Crippen LogP contribution in [-0.4, -0.2) is 43.1 Å². The molecule has 1 rings (SSSR count). The summed E-state index contributed by atoms with van der Waals surface area (Å²) >= 11 is 0. The van der Waals surface area contributed by atoms with Gasteiger partial charge in [0.1, 0.15) is 6.33 Å². The molecule has 0 unspecified atom stereocenters. The molecule has 7 nitrogen and oxygen atoms in total. The van der Waals surface area contributed by atoms with Gasteiger partial charge in [0.05, 0.1) is 13.7 Å². The maximum Gasteiger partial charge on any atom is 0.237 e. The summed E-state index contributed by atoms with van der Waals surface area (Å²) in [5, 5.41) is 2.90. The highest BCUT2D eigenvalue weighted by Gasteiger charge is 2.17. The molecule has 0 aliphatic rings. The molecule has 0 saturated heterocycles. The Morgan fingerprint density at radius 2 is 2.29 bits per heavy atom. The van der Waals surface area contributed by atoms with Gasteiger partial charge in [-0.1, -0.05) is 0 Å². The molecule has 0 bridgehead atoms. The molecule has 0 atom stereocenters. The molecule has 0 aliphatic carbocycles. The summed E-state index contributed by atoms with van der Waals surface area (Å²) in [6, 6.07) is 0. The van der Waals surface area contributed by atoms with Crippen molar-refractivity contribution < 1.29 is 9.53 Å². The topological polar surface area (TPSA) is 93.4 Å².